The van der Waals surface area contributed by atoms with Crippen LogP contribution in [0.1, 0.15) is 24.2 Å². The molecule has 0 fully saturated rings. The molecule has 18 heavy (non-hydrogen) atoms. The molecule has 92 valence electrons. The summed E-state index contributed by atoms with van der Waals surface area (Å²) in [5.41, 5.74) is 7.38. The number of benzene rings is 1. The van der Waals surface area contributed by atoms with Gasteiger partial charge in [-0.3, -0.25) is 0 Å². The molecule has 2 aromatic rings. The van der Waals surface area contributed by atoms with E-state index in [1.165, 1.54) is 0 Å². The minimum absolute atomic E-state index is 0.103. The van der Waals surface area contributed by atoms with E-state index in [9.17, 15) is 0 Å². The van der Waals surface area contributed by atoms with Crippen LogP contribution in [0.5, 0.6) is 5.88 Å². The Kier molecular flexibility index (Phi) is 3.89. The number of thiocarbonyl (C=S) groups is 1. The smallest absolute Gasteiger partial charge is 0.224 e. The molecule has 2 N–H and O–H groups in total. The highest BCUT2D eigenvalue weighted by molar-refractivity contribution is 7.80. The van der Waals surface area contributed by atoms with Crippen LogP contribution in [0.3, 0.4) is 0 Å². The first-order valence-electron chi connectivity index (χ1n) is 5.65. The lowest BCUT2D eigenvalue weighted by Gasteiger charge is -2.16. The van der Waals surface area contributed by atoms with Crippen LogP contribution in [-0.2, 0) is 0 Å². The van der Waals surface area contributed by atoms with Gasteiger partial charge in [0.05, 0.1) is 5.56 Å². The Bertz CT molecular complexity index is 543. The maximum absolute atomic E-state index is 5.81. The zero-order valence-electron chi connectivity index (χ0n) is 10.0. The molecular weight excluding hydrogens is 244 g/mol. The number of pyridine rings is 1. The van der Waals surface area contributed by atoms with E-state index in [-0.39, 0.29) is 6.10 Å². The Morgan fingerprint density at radius 2 is 1.94 bits per heavy atom. The maximum Gasteiger partial charge on any atom is 0.224 e. The highest BCUT2D eigenvalue weighted by Crippen LogP contribution is 2.22. The van der Waals surface area contributed by atoms with Crippen LogP contribution in [0.15, 0.2) is 48.7 Å². The Balaban J connectivity index is 2.22. The summed E-state index contributed by atoms with van der Waals surface area (Å²) in [6.45, 7) is 1.97. The Labute approximate surface area is 112 Å². The molecule has 2 rings (SSSR count). The van der Waals surface area contributed by atoms with Crippen molar-refractivity contribution >= 4 is 17.2 Å². The summed E-state index contributed by atoms with van der Waals surface area (Å²) in [4.78, 5) is 4.47. The molecule has 0 aliphatic carbocycles. The monoisotopic (exact) mass is 258 g/mol. The third-order valence-corrected chi connectivity index (χ3v) is 2.81. The number of rotatable bonds is 4. The van der Waals surface area contributed by atoms with Gasteiger partial charge in [-0.15, -0.1) is 0 Å². The van der Waals surface area contributed by atoms with Crippen molar-refractivity contribution in [3.05, 3.63) is 59.8 Å². The van der Waals surface area contributed by atoms with Crippen LogP contribution in [-0.4, -0.2) is 9.97 Å². The van der Waals surface area contributed by atoms with E-state index in [1.807, 2.05) is 43.3 Å². The molecule has 1 aromatic heterocycles. The topological polar surface area (TPSA) is 48.1 Å². The fourth-order valence-electron chi connectivity index (χ4n) is 1.63. The summed E-state index contributed by atoms with van der Waals surface area (Å²) in [7, 11) is 0. The van der Waals surface area contributed by atoms with Crippen molar-refractivity contribution in [1.82, 2.24) is 4.98 Å². The van der Waals surface area contributed by atoms with Crippen molar-refractivity contribution in [2.45, 2.75) is 13.0 Å². The van der Waals surface area contributed by atoms with Gasteiger partial charge in [-0.1, -0.05) is 42.5 Å². The molecule has 0 aliphatic rings. The van der Waals surface area contributed by atoms with Crippen molar-refractivity contribution in [1.29, 1.82) is 0 Å². The predicted molar refractivity (Wildman–Crippen MR) is 75.6 cm³/mol. The Hall–Kier alpha value is -1.94. The van der Waals surface area contributed by atoms with E-state index >= 15 is 0 Å². The number of hydrogen-bond donors (Lipinski definition) is 1. The summed E-state index contributed by atoms with van der Waals surface area (Å²) < 4.78 is 5.81. The average molecular weight is 258 g/mol. The largest absolute Gasteiger partial charge is 0.469 e. The first-order chi connectivity index (χ1) is 8.68. The molecule has 1 unspecified atom stereocenters. The molecule has 1 heterocycles. The Morgan fingerprint density at radius 1 is 1.22 bits per heavy atom. The Morgan fingerprint density at radius 3 is 2.61 bits per heavy atom. The molecule has 0 aliphatic heterocycles. The summed E-state index contributed by atoms with van der Waals surface area (Å²) in [5.74, 6) is 0.473. The van der Waals surface area contributed by atoms with Gasteiger partial charge in [0, 0.05) is 6.20 Å². The molecule has 0 saturated heterocycles. The zero-order valence-corrected chi connectivity index (χ0v) is 10.9. The van der Waals surface area contributed by atoms with Gasteiger partial charge < -0.3 is 10.5 Å². The van der Waals surface area contributed by atoms with Gasteiger partial charge in [0.25, 0.3) is 0 Å². The summed E-state index contributed by atoms with van der Waals surface area (Å²) in [6, 6.07) is 13.5. The fraction of sp³-hybridized carbons (Fsp3) is 0.143. The minimum Gasteiger partial charge on any atom is -0.469 e. The van der Waals surface area contributed by atoms with Gasteiger partial charge >= 0.3 is 0 Å². The van der Waals surface area contributed by atoms with Gasteiger partial charge in [0.2, 0.25) is 5.88 Å². The van der Waals surface area contributed by atoms with Crippen molar-refractivity contribution in [2.24, 2.45) is 5.73 Å². The average Bonchev–Trinajstić information content (AvgIpc) is 2.40. The quantitative estimate of drug-likeness (QED) is 0.857. The molecule has 0 saturated carbocycles. The number of nitrogens with zero attached hydrogens (tertiary/aromatic N) is 1. The molecule has 0 radical (unpaired) electrons. The van der Waals surface area contributed by atoms with Crippen LogP contribution in [0, 0.1) is 0 Å². The summed E-state index contributed by atoms with van der Waals surface area (Å²) >= 11 is 4.98. The first-order valence-corrected chi connectivity index (χ1v) is 6.05. The second-order valence-electron chi connectivity index (χ2n) is 3.89. The summed E-state index contributed by atoms with van der Waals surface area (Å²) in [5, 5.41) is 0. The van der Waals surface area contributed by atoms with Crippen molar-refractivity contribution in [3.8, 4) is 5.88 Å². The molecule has 3 nitrogen and oxygen atoms in total. The van der Waals surface area contributed by atoms with Crippen molar-refractivity contribution in [2.75, 3.05) is 0 Å². The number of nitrogens with two attached hydrogens (primary N) is 1. The van der Waals surface area contributed by atoms with Crippen LogP contribution < -0.4 is 10.5 Å². The lowest BCUT2D eigenvalue weighted by molar-refractivity contribution is 0.217. The third kappa shape index (κ3) is 2.84. The second kappa shape index (κ2) is 5.60. The fourth-order valence-corrected chi connectivity index (χ4v) is 1.79. The highest BCUT2D eigenvalue weighted by atomic mass is 32.1. The van der Waals surface area contributed by atoms with Crippen LogP contribution in [0.25, 0.3) is 0 Å². The van der Waals surface area contributed by atoms with E-state index in [0.717, 1.165) is 5.56 Å². The number of hydrogen-bond acceptors (Lipinski definition) is 3. The lowest BCUT2D eigenvalue weighted by Crippen LogP contribution is -2.14. The SMILES string of the molecule is CC(Oc1ncccc1C(N)=S)c1ccccc1. The van der Waals surface area contributed by atoms with E-state index < -0.39 is 0 Å². The van der Waals surface area contributed by atoms with E-state index in [1.54, 1.807) is 12.3 Å². The van der Waals surface area contributed by atoms with E-state index in [4.69, 9.17) is 22.7 Å². The third-order valence-electron chi connectivity index (χ3n) is 2.59. The molecule has 0 bridgehead atoms. The van der Waals surface area contributed by atoms with Gasteiger partial charge in [-0.25, -0.2) is 4.98 Å². The molecular formula is C14H14N2OS. The normalized spacial score (nSPS) is 11.8. The van der Waals surface area contributed by atoms with Crippen LogP contribution in [0.4, 0.5) is 0 Å². The second-order valence-corrected chi connectivity index (χ2v) is 4.33. The summed E-state index contributed by atoms with van der Waals surface area (Å²) in [6.07, 6.45) is 1.56. The lowest BCUT2D eigenvalue weighted by atomic mass is 10.1. The first kappa shape index (κ1) is 12.5. The van der Waals surface area contributed by atoms with Gasteiger partial charge in [-0.2, -0.15) is 0 Å². The van der Waals surface area contributed by atoms with Crippen molar-refractivity contribution in [3.63, 3.8) is 0 Å². The van der Waals surface area contributed by atoms with Gasteiger partial charge in [-0.05, 0) is 24.6 Å². The zero-order chi connectivity index (χ0) is 13.0. The molecule has 1 aromatic carbocycles. The maximum atomic E-state index is 5.81. The van der Waals surface area contributed by atoms with E-state index in [0.29, 0.717) is 16.4 Å². The molecule has 4 heteroatoms. The van der Waals surface area contributed by atoms with Gasteiger partial charge in [0.1, 0.15) is 11.1 Å². The standard InChI is InChI=1S/C14H14N2OS/c1-10(11-6-3-2-4-7-11)17-14-12(13(15)18)8-5-9-16-14/h2-10H,1H3,(H2,15,18). The number of aromatic nitrogens is 1. The van der Waals surface area contributed by atoms with Gasteiger partial charge in [0.15, 0.2) is 0 Å². The molecule has 1 atom stereocenters. The predicted octanol–water partition coefficient (Wildman–Crippen LogP) is 2.86. The van der Waals surface area contributed by atoms with Crippen molar-refractivity contribution < 1.29 is 4.74 Å². The van der Waals surface area contributed by atoms with Crippen LogP contribution in [0.2, 0.25) is 0 Å². The number of ether oxygens (including phenoxy) is 1. The minimum atomic E-state index is -0.103. The molecule has 0 spiro atoms. The van der Waals surface area contributed by atoms with E-state index in [2.05, 4.69) is 4.98 Å². The molecule has 0 amide bonds. The highest BCUT2D eigenvalue weighted by Gasteiger charge is 2.12. The van der Waals surface area contributed by atoms with Crippen LogP contribution >= 0.6 is 12.2 Å².